The van der Waals surface area contributed by atoms with Crippen molar-refractivity contribution in [3.8, 4) is 0 Å². The number of halogens is 1. The second kappa shape index (κ2) is 4.22. The Morgan fingerprint density at radius 3 is 2.59 bits per heavy atom. The third kappa shape index (κ3) is 1.89. The van der Waals surface area contributed by atoms with Gasteiger partial charge in [-0.3, -0.25) is 0 Å². The highest BCUT2D eigenvalue weighted by Crippen LogP contribution is 2.33. The van der Waals surface area contributed by atoms with Crippen LogP contribution in [0.15, 0.2) is 18.2 Å². The molecule has 2 N–H and O–H groups in total. The zero-order valence-corrected chi connectivity index (χ0v) is 11.3. The molecule has 17 heavy (non-hydrogen) atoms. The molecule has 0 aliphatic carbocycles. The molecule has 0 spiro atoms. The van der Waals surface area contributed by atoms with Gasteiger partial charge < -0.3 is 10.3 Å². The predicted octanol–water partition coefficient (Wildman–Crippen LogP) is 3.81. The standard InChI is InChI=1S/C13H18ClN3/c1-4-13(3,5-2)17-11-8-9(14)6-7-10(11)16-12(17)15/h6-8H,4-5H2,1-3H3,(H2,15,16). The Balaban J connectivity index is 2.75. The van der Waals surface area contributed by atoms with Gasteiger partial charge in [-0.05, 0) is 38.0 Å². The van der Waals surface area contributed by atoms with Crippen molar-refractivity contribution in [2.75, 3.05) is 5.73 Å². The van der Waals surface area contributed by atoms with Crippen molar-refractivity contribution >= 4 is 28.6 Å². The first kappa shape index (κ1) is 12.2. The molecule has 0 fully saturated rings. The number of rotatable bonds is 3. The van der Waals surface area contributed by atoms with Crippen LogP contribution >= 0.6 is 11.6 Å². The summed E-state index contributed by atoms with van der Waals surface area (Å²) in [6.07, 6.45) is 2.01. The van der Waals surface area contributed by atoms with Crippen LogP contribution in [0, 0.1) is 0 Å². The fraction of sp³-hybridized carbons (Fsp3) is 0.462. The first-order valence-electron chi connectivity index (χ1n) is 5.96. The van der Waals surface area contributed by atoms with Crippen molar-refractivity contribution in [3.05, 3.63) is 23.2 Å². The average Bonchev–Trinajstić information content (AvgIpc) is 2.64. The van der Waals surface area contributed by atoms with Crippen molar-refractivity contribution in [1.29, 1.82) is 0 Å². The molecule has 0 atom stereocenters. The molecule has 1 aromatic carbocycles. The van der Waals surface area contributed by atoms with Crippen molar-refractivity contribution < 1.29 is 0 Å². The van der Waals surface area contributed by atoms with E-state index in [9.17, 15) is 0 Å². The van der Waals surface area contributed by atoms with Crippen LogP contribution in [0.2, 0.25) is 5.02 Å². The van der Waals surface area contributed by atoms with E-state index in [1.807, 2.05) is 18.2 Å². The lowest BCUT2D eigenvalue weighted by Gasteiger charge is -2.30. The SMILES string of the molecule is CCC(C)(CC)n1c(N)nc2ccc(Cl)cc21. The fourth-order valence-corrected chi connectivity index (χ4v) is 2.37. The number of fused-ring (bicyclic) bond motifs is 1. The summed E-state index contributed by atoms with van der Waals surface area (Å²) >= 11 is 6.05. The van der Waals surface area contributed by atoms with Crippen LogP contribution in [0.3, 0.4) is 0 Å². The topological polar surface area (TPSA) is 43.8 Å². The number of benzene rings is 1. The summed E-state index contributed by atoms with van der Waals surface area (Å²) < 4.78 is 2.11. The van der Waals surface area contributed by atoms with Crippen molar-refractivity contribution in [2.24, 2.45) is 0 Å². The summed E-state index contributed by atoms with van der Waals surface area (Å²) in [6, 6.07) is 5.69. The average molecular weight is 252 g/mol. The van der Waals surface area contributed by atoms with Gasteiger partial charge in [-0.1, -0.05) is 25.4 Å². The maximum Gasteiger partial charge on any atom is 0.201 e. The number of aromatic nitrogens is 2. The lowest BCUT2D eigenvalue weighted by atomic mass is 9.95. The molecule has 0 radical (unpaired) electrons. The first-order valence-corrected chi connectivity index (χ1v) is 6.33. The predicted molar refractivity (Wildman–Crippen MR) is 73.4 cm³/mol. The highest BCUT2D eigenvalue weighted by atomic mass is 35.5. The molecule has 1 aromatic heterocycles. The summed E-state index contributed by atoms with van der Waals surface area (Å²) in [5.41, 5.74) is 7.96. The summed E-state index contributed by atoms with van der Waals surface area (Å²) in [5.74, 6) is 0.563. The van der Waals surface area contributed by atoms with Crippen LogP contribution < -0.4 is 5.73 Å². The van der Waals surface area contributed by atoms with Gasteiger partial charge in [-0.15, -0.1) is 0 Å². The fourth-order valence-electron chi connectivity index (χ4n) is 2.20. The van der Waals surface area contributed by atoms with Crippen LogP contribution in [0.25, 0.3) is 11.0 Å². The highest BCUT2D eigenvalue weighted by Gasteiger charge is 2.26. The number of imidazole rings is 1. The van der Waals surface area contributed by atoms with Crippen LogP contribution in [0.5, 0.6) is 0 Å². The van der Waals surface area contributed by atoms with E-state index in [2.05, 4.69) is 30.3 Å². The van der Waals surface area contributed by atoms with Gasteiger partial charge in [-0.2, -0.15) is 0 Å². The summed E-state index contributed by atoms with van der Waals surface area (Å²) in [4.78, 5) is 4.40. The largest absolute Gasteiger partial charge is 0.369 e. The third-order valence-electron chi connectivity index (χ3n) is 3.71. The first-order chi connectivity index (χ1) is 8.01. The molecule has 0 aliphatic heterocycles. The zero-order chi connectivity index (χ0) is 12.6. The van der Waals surface area contributed by atoms with E-state index in [1.165, 1.54) is 0 Å². The van der Waals surface area contributed by atoms with E-state index in [4.69, 9.17) is 17.3 Å². The normalized spacial score (nSPS) is 12.2. The van der Waals surface area contributed by atoms with Gasteiger partial charge in [0.1, 0.15) is 0 Å². The monoisotopic (exact) mass is 251 g/mol. The van der Waals surface area contributed by atoms with E-state index < -0.39 is 0 Å². The summed E-state index contributed by atoms with van der Waals surface area (Å²) in [6.45, 7) is 6.53. The van der Waals surface area contributed by atoms with Gasteiger partial charge in [-0.25, -0.2) is 4.98 Å². The van der Waals surface area contributed by atoms with E-state index in [1.54, 1.807) is 0 Å². The Morgan fingerprint density at radius 2 is 2.00 bits per heavy atom. The smallest absolute Gasteiger partial charge is 0.201 e. The van der Waals surface area contributed by atoms with Crippen molar-refractivity contribution in [1.82, 2.24) is 9.55 Å². The van der Waals surface area contributed by atoms with Crippen LogP contribution in [0.4, 0.5) is 5.95 Å². The van der Waals surface area contributed by atoms with Gasteiger partial charge in [0.15, 0.2) is 0 Å². The van der Waals surface area contributed by atoms with Gasteiger partial charge in [0, 0.05) is 10.6 Å². The van der Waals surface area contributed by atoms with Gasteiger partial charge in [0.2, 0.25) is 5.95 Å². The van der Waals surface area contributed by atoms with E-state index in [-0.39, 0.29) is 5.54 Å². The highest BCUT2D eigenvalue weighted by molar-refractivity contribution is 6.31. The number of anilines is 1. The summed E-state index contributed by atoms with van der Waals surface area (Å²) in [5, 5.41) is 0.716. The molecule has 0 saturated carbocycles. The molecule has 0 saturated heterocycles. The molecule has 2 rings (SSSR count). The Kier molecular flexibility index (Phi) is 3.04. The Hall–Kier alpha value is -1.22. The van der Waals surface area contributed by atoms with E-state index in [0.29, 0.717) is 11.0 Å². The zero-order valence-electron chi connectivity index (χ0n) is 10.5. The van der Waals surface area contributed by atoms with Gasteiger partial charge in [0.05, 0.1) is 11.0 Å². The number of hydrogen-bond acceptors (Lipinski definition) is 2. The van der Waals surface area contributed by atoms with Crippen molar-refractivity contribution in [3.63, 3.8) is 0 Å². The Morgan fingerprint density at radius 1 is 1.35 bits per heavy atom. The van der Waals surface area contributed by atoms with Crippen LogP contribution in [-0.2, 0) is 5.54 Å². The molecule has 92 valence electrons. The maximum absolute atomic E-state index is 6.05. The maximum atomic E-state index is 6.05. The second-order valence-corrected chi connectivity index (χ2v) is 5.08. The molecule has 0 aliphatic rings. The number of nitrogens with two attached hydrogens (primary N) is 1. The van der Waals surface area contributed by atoms with Crippen LogP contribution in [0.1, 0.15) is 33.6 Å². The molecular weight excluding hydrogens is 234 g/mol. The minimum absolute atomic E-state index is 0.0104. The molecule has 0 bridgehead atoms. The van der Waals surface area contributed by atoms with E-state index >= 15 is 0 Å². The number of hydrogen-bond donors (Lipinski definition) is 1. The minimum Gasteiger partial charge on any atom is -0.369 e. The Bertz CT molecular complexity index is 541. The Labute approximate surface area is 107 Å². The summed E-state index contributed by atoms with van der Waals surface area (Å²) in [7, 11) is 0. The quantitative estimate of drug-likeness (QED) is 0.902. The lowest BCUT2D eigenvalue weighted by Crippen LogP contribution is -2.29. The van der Waals surface area contributed by atoms with Crippen molar-refractivity contribution in [2.45, 2.75) is 39.2 Å². The third-order valence-corrected chi connectivity index (χ3v) is 3.94. The van der Waals surface area contributed by atoms with Gasteiger partial charge >= 0.3 is 0 Å². The molecule has 0 unspecified atom stereocenters. The molecule has 0 amide bonds. The molecule has 2 aromatic rings. The van der Waals surface area contributed by atoms with Crippen LogP contribution in [-0.4, -0.2) is 9.55 Å². The number of nitrogens with zero attached hydrogens (tertiary/aromatic N) is 2. The molecular formula is C13H18ClN3. The minimum atomic E-state index is -0.0104. The number of nitrogen functional groups attached to an aromatic ring is 1. The molecule has 4 heteroatoms. The van der Waals surface area contributed by atoms with Gasteiger partial charge in [0.25, 0.3) is 0 Å². The van der Waals surface area contributed by atoms with E-state index in [0.717, 1.165) is 23.9 Å². The molecule has 1 heterocycles. The molecule has 3 nitrogen and oxygen atoms in total. The lowest BCUT2D eigenvalue weighted by molar-refractivity contribution is 0.307. The second-order valence-electron chi connectivity index (χ2n) is 4.64.